The molecule has 0 spiro atoms. The lowest BCUT2D eigenvalue weighted by molar-refractivity contribution is -0.143. The van der Waals surface area contributed by atoms with Crippen LogP contribution in [0.4, 0.5) is 18.0 Å². The molecule has 0 aromatic carbocycles. The van der Waals surface area contributed by atoms with E-state index in [1.165, 1.54) is 4.90 Å². The number of likely N-dealkylation sites (tertiary alicyclic amines) is 1. The number of nitrogens with one attached hydrogen (secondary N) is 1. The number of ether oxygens (including phenoxy) is 1. The Labute approximate surface area is 135 Å². The predicted octanol–water partition coefficient (Wildman–Crippen LogP) is 2.08. The van der Waals surface area contributed by atoms with Crippen molar-refractivity contribution in [3.05, 3.63) is 0 Å². The van der Waals surface area contributed by atoms with Gasteiger partial charge in [0.15, 0.2) is 0 Å². The second-order valence-corrected chi connectivity index (χ2v) is 6.76. The van der Waals surface area contributed by atoms with Crippen LogP contribution in [0.25, 0.3) is 0 Å². The number of alkyl halides is 3. The van der Waals surface area contributed by atoms with Crippen LogP contribution < -0.4 is 5.32 Å². The van der Waals surface area contributed by atoms with E-state index in [4.69, 9.17) is 4.74 Å². The minimum Gasteiger partial charge on any atom is -0.372 e. The summed E-state index contributed by atoms with van der Waals surface area (Å²) in [6, 6.07) is -0.151. The van der Waals surface area contributed by atoms with E-state index in [1.807, 2.05) is 13.8 Å². The highest BCUT2D eigenvalue weighted by atomic mass is 19.4. The van der Waals surface area contributed by atoms with E-state index in [0.717, 1.165) is 6.42 Å². The Morgan fingerprint density at radius 1 is 1.39 bits per heavy atom. The predicted molar refractivity (Wildman–Crippen MR) is 80.2 cm³/mol. The summed E-state index contributed by atoms with van der Waals surface area (Å²) in [5.41, 5.74) is -0.313. The van der Waals surface area contributed by atoms with E-state index in [9.17, 15) is 18.0 Å². The van der Waals surface area contributed by atoms with Gasteiger partial charge in [0.1, 0.15) is 0 Å². The number of urea groups is 1. The van der Waals surface area contributed by atoms with Gasteiger partial charge in [-0.05, 0) is 32.2 Å². The van der Waals surface area contributed by atoms with Gasteiger partial charge in [-0.25, -0.2) is 4.79 Å². The number of carbonyl (C=O) groups is 1. The van der Waals surface area contributed by atoms with E-state index < -0.39 is 12.7 Å². The molecular formula is C15H26F3N3O2. The number of nitrogens with zero attached hydrogens (tertiary/aromatic N) is 2. The quantitative estimate of drug-likeness (QED) is 0.854. The minimum atomic E-state index is -4.16. The minimum absolute atomic E-state index is 0.0832. The van der Waals surface area contributed by atoms with Crippen molar-refractivity contribution in [3.8, 4) is 0 Å². The van der Waals surface area contributed by atoms with Crippen LogP contribution in [0.5, 0.6) is 0 Å². The van der Waals surface area contributed by atoms with Gasteiger partial charge in [-0.3, -0.25) is 4.90 Å². The molecule has 2 fully saturated rings. The van der Waals surface area contributed by atoms with Crippen molar-refractivity contribution in [3.63, 3.8) is 0 Å². The molecule has 2 rings (SSSR count). The third-order valence-corrected chi connectivity index (χ3v) is 4.69. The zero-order chi connectivity index (χ0) is 17.1. The van der Waals surface area contributed by atoms with Gasteiger partial charge in [0.05, 0.1) is 25.3 Å². The Hall–Kier alpha value is -1.02. The average Bonchev–Trinajstić information content (AvgIpc) is 2.90. The van der Waals surface area contributed by atoms with Gasteiger partial charge in [-0.15, -0.1) is 0 Å². The van der Waals surface area contributed by atoms with Gasteiger partial charge in [0.2, 0.25) is 0 Å². The van der Waals surface area contributed by atoms with Gasteiger partial charge in [0, 0.05) is 19.6 Å². The molecule has 2 aliphatic rings. The standard InChI is InChI=1S/C15H26F3N3O2/c1-3-14(2)10-21(6-7-23-14)13(22)19-8-12-4-5-20(9-12)11-15(16,17)18/h12H,3-11H2,1-2H3,(H,19,22)/t12-,14-/m0/s1. The van der Waals surface area contributed by atoms with E-state index >= 15 is 0 Å². The number of rotatable bonds is 4. The first kappa shape index (κ1) is 18.3. The van der Waals surface area contributed by atoms with Crippen molar-refractivity contribution < 1.29 is 22.7 Å². The van der Waals surface area contributed by atoms with Gasteiger partial charge in [0.25, 0.3) is 0 Å². The van der Waals surface area contributed by atoms with Crippen LogP contribution in [-0.2, 0) is 4.74 Å². The molecule has 5 nitrogen and oxygen atoms in total. The molecule has 0 radical (unpaired) electrons. The lowest BCUT2D eigenvalue weighted by Gasteiger charge is -2.40. The molecule has 2 aliphatic heterocycles. The number of hydrogen-bond acceptors (Lipinski definition) is 3. The van der Waals surface area contributed by atoms with Crippen LogP contribution >= 0.6 is 0 Å². The zero-order valence-corrected chi connectivity index (χ0v) is 13.8. The molecule has 0 aromatic rings. The van der Waals surface area contributed by atoms with Crippen LogP contribution in [0.15, 0.2) is 0 Å². The maximum Gasteiger partial charge on any atom is 0.401 e. The van der Waals surface area contributed by atoms with Gasteiger partial charge >= 0.3 is 12.2 Å². The Bertz CT molecular complexity index is 419. The first-order chi connectivity index (χ1) is 10.7. The molecule has 2 saturated heterocycles. The maximum atomic E-state index is 12.4. The topological polar surface area (TPSA) is 44.8 Å². The summed E-state index contributed by atoms with van der Waals surface area (Å²) in [4.78, 5) is 15.4. The normalized spacial score (nSPS) is 29.8. The van der Waals surface area contributed by atoms with Crippen molar-refractivity contribution in [2.75, 3.05) is 45.9 Å². The van der Waals surface area contributed by atoms with E-state index in [-0.39, 0.29) is 17.6 Å². The number of carbonyl (C=O) groups excluding carboxylic acids is 1. The fraction of sp³-hybridized carbons (Fsp3) is 0.933. The second kappa shape index (κ2) is 7.25. The molecule has 2 amide bonds. The first-order valence-corrected chi connectivity index (χ1v) is 8.16. The van der Waals surface area contributed by atoms with Gasteiger partial charge in [-0.1, -0.05) is 6.92 Å². The number of halogens is 3. The van der Waals surface area contributed by atoms with E-state index in [1.54, 1.807) is 4.90 Å². The Morgan fingerprint density at radius 3 is 2.78 bits per heavy atom. The number of morpholine rings is 1. The average molecular weight is 337 g/mol. The molecule has 8 heteroatoms. The molecule has 2 heterocycles. The van der Waals surface area contributed by atoms with Crippen LogP contribution in [0.1, 0.15) is 26.7 Å². The Kier molecular flexibility index (Phi) is 5.78. The molecule has 0 aromatic heterocycles. The smallest absolute Gasteiger partial charge is 0.372 e. The van der Waals surface area contributed by atoms with Crippen molar-refractivity contribution in [1.29, 1.82) is 0 Å². The summed E-state index contributed by atoms with van der Waals surface area (Å²) < 4.78 is 42.8. The molecular weight excluding hydrogens is 311 g/mol. The maximum absolute atomic E-state index is 12.4. The number of hydrogen-bond donors (Lipinski definition) is 1. The summed E-state index contributed by atoms with van der Waals surface area (Å²) >= 11 is 0. The van der Waals surface area contributed by atoms with Crippen molar-refractivity contribution >= 4 is 6.03 Å². The largest absolute Gasteiger partial charge is 0.401 e. The molecule has 1 N–H and O–H groups in total. The molecule has 0 unspecified atom stereocenters. The first-order valence-electron chi connectivity index (χ1n) is 8.16. The SMILES string of the molecule is CC[C@@]1(C)CN(C(=O)NC[C@@H]2CCN(CC(F)(F)F)C2)CCO1. The van der Waals surface area contributed by atoms with Crippen LogP contribution in [0.2, 0.25) is 0 Å². The Balaban J connectivity index is 1.73. The van der Waals surface area contributed by atoms with E-state index in [0.29, 0.717) is 45.8 Å². The highest BCUT2D eigenvalue weighted by Gasteiger charge is 2.35. The third-order valence-electron chi connectivity index (χ3n) is 4.69. The highest BCUT2D eigenvalue weighted by molar-refractivity contribution is 5.74. The Morgan fingerprint density at radius 2 is 2.13 bits per heavy atom. The molecule has 134 valence electrons. The number of amides is 2. The molecule has 2 atom stereocenters. The summed E-state index contributed by atoms with van der Waals surface area (Å²) in [6.07, 6.45) is -2.64. The summed E-state index contributed by atoms with van der Waals surface area (Å²) in [7, 11) is 0. The molecule has 0 bridgehead atoms. The summed E-state index contributed by atoms with van der Waals surface area (Å²) in [5, 5.41) is 2.86. The summed E-state index contributed by atoms with van der Waals surface area (Å²) in [6.45, 7) is 5.99. The van der Waals surface area contributed by atoms with Crippen LogP contribution in [0.3, 0.4) is 0 Å². The molecule has 23 heavy (non-hydrogen) atoms. The fourth-order valence-corrected chi connectivity index (χ4v) is 3.14. The molecule has 0 saturated carbocycles. The third kappa shape index (κ3) is 5.53. The highest BCUT2D eigenvalue weighted by Crippen LogP contribution is 2.23. The lowest BCUT2D eigenvalue weighted by atomic mass is 10.0. The fourth-order valence-electron chi connectivity index (χ4n) is 3.14. The van der Waals surface area contributed by atoms with Gasteiger partial charge < -0.3 is 15.0 Å². The zero-order valence-electron chi connectivity index (χ0n) is 13.8. The van der Waals surface area contributed by atoms with Gasteiger partial charge in [-0.2, -0.15) is 13.2 Å². The van der Waals surface area contributed by atoms with Crippen LogP contribution in [0, 0.1) is 5.92 Å². The lowest BCUT2D eigenvalue weighted by Crippen LogP contribution is -2.54. The second-order valence-electron chi connectivity index (χ2n) is 6.76. The monoisotopic (exact) mass is 337 g/mol. The van der Waals surface area contributed by atoms with Crippen molar-refractivity contribution in [1.82, 2.24) is 15.1 Å². The van der Waals surface area contributed by atoms with Crippen molar-refractivity contribution in [2.24, 2.45) is 5.92 Å². The summed E-state index contributed by atoms with van der Waals surface area (Å²) in [5.74, 6) is 0.0832. The van der Waals surface area contributed by atoms with Crippen molar-refractivity contribution in [2.45, 2.75) is 38.5 Å². The van der Waals surface area contributed by atoms with E-state index in [2.05, 4.69) is 5.32 Å². The molecule has 0 aliphatic carbocycles. The van der Waals surface area contributed by atoms with Crippen LogP contribution in [-0.4, -0.2) is 73.5 Å².